The average molecular weight is 361 g/mol. The van der Waals surface area contributed by atoms with Crippen LogP contribution in [-0.2, 0) is 16.1 Å². The molecule has 1 atom stereocenters. The predicted molar refractivity (Wildman–Crippen MR) is 101 cm³/mol. The first kappa shape index (κ1) is 19.0. The summed E-state index contributed by atoms with van der Waals surface area (Å²) in [4.78, 5) is 24.4. The van der Waals surface area contributed by atoms with Gasteiger partial charge < -0.3 is 15.5 Å². The Hall–Kier alpha value is -2.37. The zero-order valence-corrected chi connectivity index (χ0v) is 15.2. The third-order valence-electron chi connectivity index (χ3n) is 3.74. The lowest BCUT2D eigenvalue weighted by molar-refractivity contribution is -0.903. The van der Waals surface area contributed by atoms with E-state index < -0.39 is 0 Å². The lowest BCUT2D eigenvalue weighted by Crippen LogP contribution is -3.11. The molecule has 2 rings (SSSR count). The van der Waals surface area contributed by atoms with Crippen molar-refractivity contribution in [3.63, 3.8) is 0 Å². The van der Waals surface area contributed by atoms with Crippen molar-refractivity contribution in [3.8, 4) is 0 Å². The molecule has 2 aromatic rings. The van der Waals surface area contributed by atoms with Gasteiger partial charge in [0, 0.05) is 28.9 Å². The number of hydrogen-bond donors (Lipinski definition) is 3. The predicted octanol–water partition coefficient (Wildman–Crippen LogP) is 2.34. The van der Waals surface area contributed by atoms with Crippen LogP contribution in [-0.4, -0.2) is 24.9 Å². The molecule has 0 saturated carbocycles. The molecule has 0 bridgehead atoms. The largest absolute Gasteiger partial charge is 0.326 e. The smallest absolute Gasteiger partial charge is 0.279 e. The summed E-state index contributed by atoms with van der Waals surface area (Å²) in [5.41, 5.74) is 2.52. The molecule has 0 heterocycles. The number of amides is 2. The van der Waals surface area contributed by atoms with E-state index in [9.17, 15) is 9.59 Å². The van der Waals surface area contributed by atoms with E-state index in [2.05, 4.69) is 17.6 Å². The van der Waals surface area contributed by atoms with Gasteiger partial charge in [-0.25, -0.2) is 0 Å². The molecule has 5 nitrogen and oxygen atoms in total. The Kier molecular flexibility index (Phi) is 6.98. The Morgan fingerprint density at radius 3 is 2.24 bits per heavy atom. The molecule has 132 valence electrons. The molecular weight excluding hydrogens is 338 g/mol. The summed E-state index contributed by atoms with van der Waals surface area (Å²) >= 11 is 6.01. The van der Waals surface area contributed by atoms with Gasteiger partial charge in [0.2, 0.25) is 5.91 Å². The summed E-state index contributed by atoms with van der Waals surface area (Å²) in [6, 6.07) is 14.8. The van der Waals surface area contributed by atoms with E-state index in [1.54, 1.807) is 24.3 Å². The Morgan fingerprint density at radius 2 is 1.68 bits per heavy atom. The molecule has 3 N–H and O–H groups in total. The number of anilines is 2. The fourth-order valence-electron chi connectivity index (χ4n) is 2.52. The molecule has 2 amide bonds. The van der Waals surface area contributed by atoms with Crippen LogP contribution in [0.1, 0.15) is 19.4 Å². The maximum absolute atomic E-state index is 12.3. The van der Waals surface area contributed by atoms with Gasteiger partial charge in [0.1, 0.15) is 6.54 Å². The Bertz CT molecular complexity index is 732. The molecule has 0 radical (unpaired) electrons. The van der Waals surface area contributed by atoms with Gasteiger partial charge in [0.05, 0.1) is 6.54 Å². The van der Waals surface area contributed by atoms with Gasteiger partial charge in [0.25, 0.3) is 5.91 Å². The first-order valence-corrected chi connectivity index (χ1v) is 8.59. The highest BCUT2D eigenvalue weighted by Gasteiger charge is 2.13. The average Bonchev–Trinajstić information content (AvgIpc) is 2.55. The summed E-state index contributed by atoms with van der Waals surface area (Å²) in [6.45, 7) is 5.46. The molecule has 6 heteroatoms. The maximum atomic E-state index is 12.3. The molecule has 0 saturated heterocycles. The lowest BCUT2D eigenvalue weighted by atomic mass is 10.2. The van der Waals surface area contributed by atoms with Crippen molar-refractivity contribution in [1.82, 2.24) is 0 Å². The SMILES string of the molecule is CC[NH+](CC(=O)Nc1ccc(NC(C)=O)cc1)Cc1cccc(Cl)c1. The van der Waals surface area contributed by atoms with E-state index in [1.807, 2.05) is 24.3 Å². The number of nitrogens with one attached hydrogen (secondary N) is 3. The lowest BCUT2D eigenvalue weighted by Gasteiger charge is -2.17. The highest BCUT2D eigenvalue weighted by molar-refractivity contribution is 6.30. The molecule has 2 aromatic carbocycles. The number of benzene rings is 2. The van der Waals surface area contributed by atoms with Crippen LogP contribution in [0.5, 0.6) is 0 Å². The van der Waals surface area contributed by atoms with E-state index in [0.717, 1.165) is 23.6 Å². The molecule has 0 spiro atoms. The molecule has 1 unspecified atom stereocenters. The number of quaternary nitrogens is 1. The molecular formula is C19H23ClN3O2+. The van der Waals surface area contributed by atoms with Gasteiger partial charge in [0.15, 0.2) is 6.54 Å². The van der Waals surface area contributed by atoms with Gasteiger partial charge in [-0.15, -0.1) is 0 Å². The number of carbonyl (C=O) groups excluding carboxylic acids is 2. The van der Waals surface area contributed by atoms with Gasteiger partial charge in [-0.3, -0.25) is 9.59 Å². The van der Waals surface area contributed by atoms with Crippen molar-refractivity contribution in [2.24, 2.45) is 0 Å². The normalized spacial score (nSPS) is 11.6. The standard InChI is InChI=1S/C19H22ClN3O2/c1-3-23(12-15-5-4-6-16(20)11-15)13-19(25)22-18-9-7-17(8-10-18)21-14(2)24/h4-11H,3,12-13H2,1-2H3,(H,21,24)(H,22,25)/p+1. The van der Waals surface area contributed by atoms with Gasteiger partial charge in [-0.1, -0.05) is 23.7 Å². The second-order valence-electron chi connectivity index (χ2n) is 5.89. The minimum Gasteiger partial charge on any atom is -0.326 e. The van der Waals surface area contributed by atoms with E-state index in [1.165, 1.54) is 6.92 Å². The van der Waals surface area contributed by atoms with Crippen molar-refractivity contribution in [3.05, 3.63) is 59.1 Å². The monoisotopic (exact) mass is 360 g/mol. The zero-order valence-electron chi connectivity index (χ0n) is 14.4. The summed E-state index contributed by atoms with van der Waals surface area (Å²) in [5, 5.41) is 6.28. The van der Waals surface area contributed by atoms with Crippen LogP contribution in [0, 0.1) is 0 Å². The summed E-state index contributed by atoms with van der Waals surface area (Å²) in [7, 11) is 0. The van der Waals surface area contributed by atoms with Crippen LogP contribution in [0.2, 0.25) is 5.02 Å². The Labute approximate surface area is 153 Å². The maximum Gasteiger partial charge on any atom is 0.279 e. The molecule has 0 aliphatic heterocycles. The van der Waals surface area contributed by atoms with E-state index >= 15 is 0 Å². The van der Waals surface area contributed by atoms with Crippen LogP contribution < -0.4 is 15.5 Å². The third-order valence-corrected chi connectivity index (χ3v) is 3.98. The van der Waals surface area contributed by atoms with Crippen LogP contribution >= 0.6 is 11.6 Å². The second kappa shape index (κ2) is 9.20. The zero-order chi connectivity index (χ0) is 18.2. The molecule has 0 fully saturated rings. The van der Waals surface area contributed by atoms with Crippen LogP contribution in [0.15, 0.2) is 48.5 Å². The number of likely N-dealkylation sites (N-methyl/N-ethyl adjacent to an activating group) is 1. The summed E-state index contributed by atoms with van der Waals surface area (Å²) < 4.78 is 0. The molecule has 0 aliphatic carbocycles. The molecule has 0 aromatic heterocycles. The van der Waals surface area contributed by atoms with Crippen LogP contribution in [0.25, 0.3) is 0 Å². The van der Waals surface area contributed by atoms with Crippen molar-refractivity contribution in [1.29, 1.82) is 0 Å². The summed E-state index contributed by atoms with van der Waals surface area (Å²) in [5.74, 6) is -0.175. The van der Waals surface area contributed by atoms with Crippen molar-refractivity contribution < 1.29 is 14.5 Å². The molecule has 0 aliphatic rings. The Morgan fingerprint density at radius 1 is 1.04 bits per heavy atom. The minimum absolute atomic E-state index is 0.0499. The number of halogens is 1. The van der Waals surface area contributed by atoms with Crippen LogP contribution in [0.3, 0.4) is 0 Å². The fraction of sp³-hybridized carbons (Fsp3) is 0.263. The van der Waals surface area contributed by atoms with Gasteiger partial charge in [-0.2, -0.15) is 0 Å². The number of hydrogen-bond acceptors (Lipinski definition) is 2. The number of carbonyl (C=O) groups is 2. The fourth-order valence-corrected chi connectivity index (χ4v) is 2.73. The highest BCUT2D eigenvalue weighted by Crippen LogP contribution is 2.13. The van der Waals surface area contributed by atoms with Crippen LogP contribution in [0.4, 0.5) is 11.4 Å². The third kappa shape index (κ3) is 6.57. The highest BCUT2D eigenvalue weighted by atomic mass is 35.5. The van der Waals surface area contributed by atoms with Gasteiger partial charge >= 0.3 is 0 Å². The Balaban J connectivity index is 1.90. The summed E-state index contributed by atoms with van der Waals surface area (Å²) in [6.07, 6.45) is 0. The van der Waals surface area contributed by atoms with E-state index in [0.29, 0.717) is 22.9 Å². The topological polar surface area (TPSA) is 62.6 Å². The minimum atomic E-state index is -0.125. The van der Waals surface area contributed by atoms with Crippen molar-refractivity contribution in [2.75, 3.05) is 23.7 Å². The quantitative estimate of drug-likeness (QED) is 0.709. The van der Waals surface area contributed by atoms with E-state index in [4.69, 9.17) is 11.6 Å². The van der Waals surface area contributed by atoms with Gasteiger partial charge in [-0.05, 0) is 43.3 Å². The second-order valence-corrected chi connectivity index (χ2v) is 6.33. The number of rotatable bonds is 7. The van der Waals surface area contributed by atoms with E-state index in [-0.39, 0.29) is 11.8 Å². The molecule has 25 heavy (non-hydrogen) atoms. The first-order chi connectivity index (χ1) is 12.0. The first-order valence-electron chi connectivity index (χ1n) is 8.21. The van der Waals surface area contributed by atoms with Crippen molar-refractivity contribution >= 4 is 34.8 Å². The van der Waals surface area contributed by atoms with Crippen molar-refractivity contribution in [2.45, 2.75) is 20.4 Å².